The summed E-state index contributed by atoms with van der Waals surface area (Å²) < 4.78 is 0. The van der Waals surface area contributed by atoms with E-state index in [-0.39, 0.29) is 5.69 Å². The lowest BCUT2D eigenvalue weighted by atomic mass is 10.1. The van der Waals surface area contributed by atoms with Crippen LogP contribution in [0.3, 0.4) is 0 Å². The van der Waals surface area contributed by atoms with Crippen LogP contribution >= 0.6 is 0 Å². The van der Waals surface area contributed by atoms with Gasteiger partial charge in [0.15, 0.2) is 0 Å². The third-order valence-electron chi connectivity index (χ3n) is 4.23. The predicted octanol–water partition coefficient (Wildman–Crippen LogP) is 2.92. The molecule has 1 aliphatic heterocycles. The summed E-state index contributed by atoms with van der Waals surface area (Å²) in [6.45, 7) is 5.12. The van der Waals surface area contributed by atoms with Crippen LogP contribution in [-0.4, -0.2) is 33.9 Å². The van der Waals surface area contributed by atoms with Gasteiger partial charge in [-0.05, 0) is 17.5 Å². The van der Waals surface area contributed by atoms with Crippen molar-refractivity contribution in [3.8, 4) is 0 Å². The fourth-order valence-corrected chi connectivity index (χ4v) is 3.00. The average molecular weight is 312 g/mol. The average Bonchev–Trinajstić information content (AvgIpc) is 2.88. The number of nitrogens with one attached hydrogen (secondary N) is 1. The largest absolute Gasteiger partial charge is 0.366 e. The Bertz CT molecular complexity index is 660. The molecule has 3 rings (SSSR count). The number of nitro groups is 1. The minimum Gasteiger partial charge on any atom is -0.366 e. The maximum atomic E-state index is 10.7. The second kappa shape index (κ2) is 6.75. The molecule has 0 radical (unpaired) electrons. The van der Waals surface area contributed by atoms with Crippen molar-refractivity contribution in [2.45, 2.75) is 19.5 Å². The summed E-state index contributed by atoms with van der Waals surface area (Å²) in [6, 6.07) is 13.9. The maximum Gasteiger partial charge on any atom is 0.287 e. The van der Waals surface area contributed by atoms with E-state index in [0.29, 0.717) is 17.8 Å². The molecule has 0 amide bonds. The number of anilines is 1. The third kappa shape index (κ3) is 3.84. The Morgan fingerprint density at radius 1 is 1.26 bits per heavy atom. The second-order valence-electron chi connectivity index (χ2n) is 6.07. The van der Waals surface area contributed by atoms with Gasteiger partial charge < -0.3 is 5.32 Å². The van der Waals surface area contributed by atoms with Crippen molar-refractivity contribution >= 4 is 11.5 Å². The van der Waals surface area contributed by atoms with Crippen molar-refractivity contribution in [1.82, 2.24) is 9.88 Å². The van der Waals surface area contributed by atoms with Crippen LogP contribution in [0, 0.1) is 16.0 Å². The van der Waals surface area contributed by atoms with Crippen LogP contribution in [-0.2, 0) is 6.54 Å². The van der Waals surface area contributed by atoms with Crippen LogP contribution in [0.25, 0.3) is 0 Å². The minimum atomic E-state index is -0.434. The van der Waals surface area contributed by atoms with Gasteiger partial charge in [0.1, 0.15) is 12.0 Å². The molecule has 1 saturated heterocycles. The van der Waals surface area contributed by atoms with Gasteiger partial charge in [-0.3, -0.25) is 15.0 Å². The number of benzene rings is 1. The highest BCUT2D eigenvalue weighted by Gasteiger charge is 2.29. The highest BCUT2D eigenvalue weighted by molar-refractivity contribution is 5.41. The fraction of sp³-hybridized carbons (Fsp3) is 0.353. The maximum absolute atomic E-state index is 10.7. The zero-order valence-corrected chi connectivity index (χ0v) is 13.1. The van der Waals surface area contributed by atoms with Crippen molar-refractivity contribution < 1.29 is 4.92 Å². The topological polar surface area (TPSA) is 71.3 Å². The first-order valence-corrected chi connectivity index (χ1v) is 7.75. The molecule has 120 valence electrons. The molecule has 0 bridgehead atoms. The molecule has 6 nitrogen and oxygen atoms in total. The quantitative estimate of drug-likeness (QED) is 0.679. The normalized spacial score (nSPS) is 21.3. The van der Waals surface area contributed by atoms with E-state index >= 15 is 0 Å². The SMILES string of the molecule is CC1CN(Cc2ccccc2)CC1Nc1ccc([N+](=O)[O-])cn1. The highest BCUT2D eigenvalue weighted by Crippen LogP contribution is 2.22. The van der Waals surface area contributed by atoms with Crippen molar-refractivity contribution in [1.29, 1.82) is 0 Å². The lowest BCUT2D eigenvalue weighted by Gasteiger charge is -2.17. The smallest absolute Gasteiger partial charge is 0.287 e. The van der Waals surface area contributed by atoms with Gasteiger partial charge in [0.25, 0.3) is 5.69 Å². The minimum absolute atomic E-state index is 0.0146. The molecule has 1 aromatic heterocycles. The number of rotatable bonds is 5. The Labute approximate surface area is 135 Å². The predicted molar refractivity (Wildman–Crippen MR) is 89.2 cm³/mol. The van der Waals surface area contributed by atoms with E-state index in [4.69, 9.17) is 0 Å². The van der Waals surface area contributed by atoms with Crippen LogP contribution < -0.4 is 5.32 Å². The number of nitrogens with zero attached hydrogens (tertiary/aromatic N) is 3. The molecule has 1 aromatic carbocycles. The standard InChI is InChI=1S/C17H20N4O2/c1-13-10-20(11-14-5-3-2-4-6-14)12-16(13)19-17-8-7-15(9-18-17)21(22)23/h2-9,13,16H,10-12H2,1H3,(H,18,19). The summed E-state index contributed by atoms with van der Waals surface area (Å²) in [7, 11) is 0. The van der Waals surface area contributed by atoms with E-state index < -0.39 is 4.92 Å². The summed E-state index contributed by atoms with van der Waals surface area (Å²) in [5.74, 6) is 1.18. The van der Waals surface area contributed by atoms with Gasteiger partial charge in [0.2, 0.25) is 0 Å². The van der Waals surface area contributed by atoms with Gasteiger partial charge in [-0.25, -0.2) is 4.98 Å². The Morgan fingerprint density at radius 3 is 2.70 bits per heavy atom. The first-order valence-electron chi connectivity index (χ1n) is 7.75. The first kappa shape index (κ1) is 15.4. The van der Waals surface area contributed by atoms with E-state index in [1.54, 1.807) is 6.07 Å². The summed E-state index contributed by atoms with van der Waals surface area (Å²) in [5, 5.41) is 14.1. The molecule has 1 aliphatic rings. The molecule has 0 aliphatic carbocycles. The van der Waals surface area contributed by atoms with Gasteiger partial charge in [0.05, 0.1) is 4.92 Å². The van der Waals surface area contributed by atoms with Crippen molar-refractivity contribution in [3.05, 3.63) is 64.3 Å². The summed E-state index contributed by atoms with van der Waals surface area (Å²) >= 11 is 0. The van der Waals surface area contributed by atoms with Gasteiger partial charge in [-0.2, -0.15) is 0 Å². The van der Waals surface area contributed by atoms with Gasteiger partial charge in [-0.15, -0.1) is 0 Å². The van der Waals surface area contributed by atoms with Gasteiger partial charge in [-0.1, -0.05) is 37.3 Å². The van der Waals surface area contributed by atoms with E-state index in [1.165, 1.54) is 17.8 Å². The lowest BCUT2D eigenvalue weighted by Crippen LogP contribution is -2.28. The fourth-order valence-electron chi connectivity index (χ4n) is 3.00. The van der Waals surface area contributed by atoms with Gasteiger partial charge in [0, 0.05) is 31.7 Å². The third-order valence-corrected chi connectivity index (χ3v) is 4.23. The van der Waals surface area contributed by atoms with E-state index in [9.17, 15) is 10.1 Å². The van der Waals surface area contributed by atoms with Crippen LogP contribution in [0.15, 0.2) is 48.7 Å². The molecular formula is C17H20N4O2. The number of hydrogen-bond donors (Lipinski definition) is 1. The van der Waals surface area contributed by atoms with Crippen LogP contribution in [0.2, 0.25) is 0 Å². The molecule has 1 fully saturated rings. The zero-order valence-electron chi connectivity index (χ0n) is 13.1. The number of hydrogen-bond acceptors (Lipinski definition) is 5. The molecule has 23 heavy (non-hydrogen) atoms. The Hall–Kier alpha value is -2.47. The Kier molecular flexibility index (Phi) is 4.52. The zero-order chi connectivity index (χ0) is 16.2. The van der Waals surface area contributed by atoms with Crippen molar-refractivity contribution in [2.24, 2.45) is 5.92 Å². The lowest BCUT2D eigenvalue weighted by molar-refractivity contribution is -0.385. The number of likely N-dealkylation sites (tertiary alicyclic amines) is 1. The molecule has 2 atom stereocenters. The Balaban J connectivity index is 1.59. The van der Waals surface area contributed by atoms with E-state index in [2.05, 4.69) is 46.4 Å². The molecular weight excluding hydrogens is 292 g/mol. The molecule has 0 saturated carbocycles. The monoisotopic (exact) mass is 312 g/mol. The van der Waals surface area contributed by atoms with Crippen LogP contribution in [0.5, 0.6) is 0 Å². The van der Waals surface area contributed by atoms with Gasteiger partial charge >= 0.3 is 0 Å². The first-order chi connectivity index (χ1) is 11.1. The van der Waals surface area contributed by atoms with Crippen molar-refractivity contribution in [2.75, 3.05) is 18.4 Å². The number of aromatic nitrogens is 1. The molecule has 0 spiro atoms. The number of pyridine rings is 1. The van der Waals surface area contributed by atoms with E-state index in [1.807, 2.05) is 6.07 Å². The molecule has 2 aromatic rings. The summed E-state index contributed by atoms with van der Waals surface area (Å²) in [5.41, 5.74) is 1.33. The highest BCUT2D eigenvalue weighted by atomic mass is 16.6. The van der Waals surface area contributed by atoms with Crippen molar-refractivity contribution in [3.63, 3.8) is 0 Å². The molecule has 2 unspecified atom stereocenters. The summed E-state index contributed by atoms with van der Waals surface area (Å²) in [6.07, 6.45) is 1.30. The summed E-state index contributed by atoms with van der Waals surface area (Å²) in [4.78, 5) is 16.8. The second-order valence-corrected chi connectivity index (χ2v) is 6.07. The van der Waals surface area contributed by atoms with Crippen LogP contribution in [0.4, 0.5) is 11.5 Å². The molecule has 1 N–H and O–H groups in total. The Morgan fingerprint density at radius 2 is 2.04 bits per heavy atom. The van der Waals surface area contributed by atoms with E-state index in [0.717, 1.165) is 19.6 Å². The van der Waals surface area contributed by atoms with Crippen LogP contribution in [0.1, 0.15) is 12.5 Å². The molecule has 6 heteroatoms. The molecule has 2 heterocycles.